The number of nitrogens with one attached hydrogen (secondary N) is 1. The summed E-state index contributed by atoms with van der Waals surface area (Å²) in [4.78, 5) is 11.6. The average molecular weight is 311 g/mol. The summed E-state index contributed by atoms with van der Waals surface area (Å²) < 4.78 is 2.21. The molecule has 0 bridgehead atoms. The van der Waals surface area contributed by atoms with E-state index in [4.69, 9.17) is 0 Å². The molecule has 2 aromatic rings. The highest BCUT2D eigenvalue weighted by Gasteiger charge is 2.11. The van der Waals surface area contributed by atoms with Crippen LogP contribution in [0.4, 0.5) is 0 Å². The number of nitrogens with zero attached hydrogens (tertiary/aromatic N) is 2. The average Bonchev–Trinajstić information content (AvgIpc) is 2.74. The lowest BCUT2D eigenvalue weighted by Gasteiger charge is -2.12. The van der Waals surface area contributed by atoms with Crippen LogP contribution in [0.5, 0.6) is 0 Å². The monoisotopic (exact) mass is 311 g/mol. The minimum atomic E-state index is -0.0519. The Hall–Kier alpha value is -2.36. The van der Waals surface area contributed by atoms with Gasteiger partial charge < -0.3 is 4.57 Å². The second-order valence-electron chi connectivity index (χ2n) is 6.34. The first-order chi connectivity index (χ1) is 10.9. The Balaban J connectivity index is 2.22. The van der Waals surface area contributed by atoms with E-state index < -0.39 is 0 Å². The summed E-state index contributed by atoms with van der Waals surface area (Å²) in [5.41, 5.74) is 8.25. The van der Waals surface area contributed by atoms with E-state index in [2.05, 4.69) is 54.1 Å². The Kier molecular flexibility index (Phi) is 5.37. The van der Waals surface area contributed by atoms with E-state index in [1.54, 1.807) is 6.21 Å². The SMILES string of the molecule is Cc1ccccc1-n1c(C)cc(/C=N\NC(=O)CC(C)C)c1C. The maximum absolute atomic E-state index is 11.6. The van der Waals surface area contributed by atoms with Crippen molar-refractivity contribution in [3.63, 3.8) is 0 Å². The fraction of sp³-hybridized carbons (Fsp3) is 0.368. The number of benzene rings is 1. The Morgan fingerprint density at radius 3 is 2.61 bits per heavy atom. The van der Waals surface area contributed by atoms with Crippen LogP contribution in [0.2, 0.25) is 0 Å². The van der Waals surface area contributed by atoms with E-state index in [1.165, 1.54) is 11.3 Å². The zero-order valence-electron chi connectivity index (χ0n) is 14.6. The molecule has 0 unspecified atom stereocenters. The topological polar surface area (TPSA) is 46.4 Å². The lowest BCUT2D eigenvalue weighted by Crippen LogP contribution is -2.19. The van der Waals surface area contributed by atoms with E-state index >= 15 is 0 Å². The predicted octanol–water partition coefficient (Wildman–Crippen LogP) is 3.90. The highest BCUT2D eigenvalue weighted by molar-refractivity contribution is 5.84. The number of carbonyl (C=O) groups excluding carboxylic acids is 1. The summed E-state index contributed by atoms with van der Waals surface area (Å²) in [6.07, 6.45) is 2.20. The number of amides is 1. The summed E-state index contributed by atoms with van der Waals surface area (Å²) in [7, 11) is 0. The Morgan fingerprint density at radius 1 is 1.26 bits per heavy atom. The van der Waals surface area contributed by atoms with Gasteiger partial charge in [-0.05, 0) is 44.4 Å². The number of rotatable bonds is 5. The third kappa shape index (κ3) is 4.09. The molecule has 0 aliphatic carbocycles. The van der Waals surface area contributed by atoms with Gasteiger partial charge >= 0.3 is 0 Å². The van der Waals surface area contributed by atoms with Gasteiger partial charge in [0, 0.05) is 29.1 Å². The summed E-state index contributed by atoms with van der Waals surface area (Å²) in [5.74, 6) is 0.278. The van der Waals surface area contributed by atoms with Crippen molar-refractivity contribution in [3.8, 4) is 5.69 Å². The largest absolute Gasteiger partial charge is 0.318 e. The van der Waals surface area contributed by atoms with Crippen LogP contribution in [-0.2, 0) is 4.79 Å². The van der Waals surface area contributed by atoms with Gasteiger partial charge in [0.25, 0.3) is 0 Å². The van der Waals surface area contributed by atoms with Crippen LogP contribution < -0.4 is 5.43 Å². The maximum atomic E-state index is 11.6. The fourth-order valence-corrected chi connectivity index (χ4v) is 2.69. The van der Waals surface area contributed by atoms with E-state index in [0.29, 0.717) is 12.3 Å². The Bertz CT molecular complexity index is 726. The molecule has 2 rings (SSSR count). The molecule has 1 N–H and O–H groups in total. The predicted molar refractivity (Wildman–Crippen MR) is 95.2 cm³/mol. The minimum Gasteiger partial charge on any atom is -0.318 e. The second kappa shape index (κ2) is 7.27. The van der Waals surface area contributed by atoms with Crippen molar-refractivity contribution < 1.29 is 4.79 Å². The van der Waals surface area contributed by atoms with Gasteiger partial charge in [0.1, 0.15) is 0 Å². The van der Waals surface area contributed by atoms with Crippen molar-refractivity contribution in [1.29, 1.82) is 0 Å². The summed E-state index contributed by atoms with van der Waals surface area (Å²) >= 11 is 0. The molecule has 0 aliphatic rings. The van der Waals surface area contributed by atoms with Gasteiger partial charge in [0.05, 0.1) is 6.21 Å². The molecule has 122 valence electrons. The number of hydrogen-bond donors (Lipinski definition) is 1. The molecular weight excluding hydrogens is 286 g/mol. The van der Waals surface area contributed by atoms with Crippen LogP contribution in [0, 0.1) is 26.7 Å². The second-order valence-corrected chi connectivity index (χ2v) is 6.34. The highest BCUT2D eigenvalue weighted by atomic mass is 16.2. The normalized spacial score (nSPS) is 11.4. The van der Waals surface area contributed by atoms with Crippen molar-refractivity contribution in [3.05, 3.63) is 52.8 Å². The van der Waals surface area contributed by atoms with E-state index in [0.717, 1.165) is 17.0 Å². The quantitative estimate of drug-likeness (QED) is 0.660. The van der Waals surface area contributed by atoms with E-state index in [-0.39, 0.29) is 5.91 Å². The Morgan fingerprint density at radius 2 is 1.96 bits per heavy atom. The molecule has 1 aromatic heterocycles. The van der Waals surface area contributed by atoms with Gasteiger partial charge in [0.2, 0.25) is 5.91 Å². The van der Waals surface area contributed by atoms with Crippen molar-refractivity contribution in [2.45, 2.75) is 41.0 Å². The maximum Gasteiger partial charge on any atom is 0.240 e. The molecule has 1 amide bonds. The molecular formula is C19H25N3O. The zero-order chi connectivity index (χ0) is 17.0. The third-order valence-corrected chi connectivity index (χ3v) is 3.81. The summed E-state index contributed by atoms with van der Waals surface area (Å²) in [6.45, 7) is 10.3. The third-order valence-electron chi connectivity index (χ3n) is 3.81. The summed E-state index contributed by atoms with van der Waals surface area (Å²) in [6, 6.07) is 10.4. The molecule has 4 nitrogen and oxygen atoms in total. The van der Waals surface area contributed by atoms with Crippen LogP contribution in [0.25, 0.3) is 5.69 Å². The fourth-order valence-electron chi connectivity index (χ4n) is 2.69. The van der Waals surface area contributed by atoms with E-state index in [9.17, 15) is 4.79 Å². The minimum absolute atomic E-state index is 0.0519. The van der Waals surface area contributed by atoms with Gasteiger partial charge in [0.15, 0.2) is 0 Å². The molecule has 0 saturated carbocycles. The summed E-state index contributed by atoms with van der Waals surface area (Å²) in [5, 5.41) is 4.09. The van der Waals surface area contributed by atoms with Gasteiger partial charge in [-0.25, -0.2) is 5.43 Å². The Labute approximate surface area is 138 Å². The van der Waals surface area contributed by atoms with Crippen molar-refractivity contribution >= 4 is 12.1 Å². The van der Waals surface area contributed by atoms with Crippen molar-refractivity contribution in [1.82, 2.24) is 9.99 Å². The smallest absolute Gasteiger partial charge is 0.240 e. The van der Waals surface area contributed by atoms with Gasteiger partial charge in [-0.2, -0.15) is 5.10 Å². The molecule has 0 aliphatic heterocycles. The number of hydrazone groups is 1. The first-order valence-electron chi connectivity index (χ1n) is 7.97. The molecule has 0 atom stereocenters. The van der Waals surface area contributed by atoms with Crippen LogP contribution in [0.1, 0.15) is 42.8 Å². The molecule has 0 saturated heterocycles. The molecule has 0 fully saturated rings. The number of carbonyl (C=O) groups is 1. The molecule has 1 heterocycles. The molecule has 0 spiro atoms. The van der Waals surface area contributed by atoms with Crippen molar-refractivity contribution in [2.75, 3.05) is 0 Å². The van der Waals surface area contributed by atoms with Crippen molar-refractivity contribution in [2.24, 2.45) is 11.0 Å². The van der Waals surface area contributed by atoms with E-state index in [1.807, 2.05) is 26.0 Å². The van der Waals surface area contributed by atoms with Gasteiger partial charge in [-0.1, -0.05) is 32.0 Å². The lowest BCUT2D eigenvalue weighted by molar-refractivity contribution is -0.121. The van der Waals surface area contributed by atoms with Crippen LogP contribution in [0.3, 0.4) is 0 Å². The zero-order valence-corrected chi connectivity index (χ0v) is 14.6. The van der Waals surface area contributed by atoms with Crippen LogP contribution in [0.15, 0.2) is 35.4 Å². The highest BCUT2D eigenvalue weighted by Crippen LogP contribution is 2.22. The van der Waals surface area contributed by atoms with Gasteiger partial charge in [-0.3, -0.25) is 4.79 Å². The first-order valence-corrected chi connectivity index (χ1v) is 7.97. The number of aromatic nitrogens is 1. The number of aryl methyl sites for hydroxylation is 2. The molecule has 23 heavy (non-hydrogen) atoms. The number of hydrogen-bond acceptors (Lipinski definition) is 2. The van der Waals surface area contributed by atoms with Gasteiger partial charge in [-0.15, -0.1) is 0 Å². The lowest BCUT2D eigenvalue weighted by atomic mass is 10.1. The van der Waals surface area contributed by atoms with Crippen LogP contribution >= 0.6 is 0 Å². The molecule has 4 heteroatoms. The number of para-hydroxylation sites is 1. The van der Waals surface area contributed by atoms with Crippen LogP contribution in [-0.4, -0.2) is 16.7 Å². The standard InChI is InChI=1S/C19H25N3O/c1-13(2)10-19(23)21-20-12-17-11-15(4)22(16(17)5)18-9-7-6-8-14(18)3/h6-9,11-13H,10H2,1-5H3,(H,21,23)/b20-12-. The first kappa shape index (κ1) is 17.0. The molecule has 1 aromatic carbocycles. The molecule has 0 radical (unpaired) electrons.